The molecule has 2 aromatic carbocycles. The molecule has 2 amide bonds. The minimum atomic E-state index is -0.345. The van der Waals surface area contributed by atoms with Crippen molar-refractivity contribution in [2.75, 3.05) is 13.1 Å². The minimum Gasteiger partial charge on any atom is -0.390 e. The van der Waals surface area contributed by atoms with Gasteiger partial charge in [-0.25, -0.2) is 13.6 Å². The number of rotatable bonds is 6. The van der Waals surface area contributed by atoms with Gasteiger partial charge >= 0.3 is 6.03 Å². The Kier molecular flexibility index (Phi) is 6.01. The van der Waals surface area contributed by atoms with Crippen LogP contribution >= 0.6 is 0 Å². The topological polar surface area (TPSA) is 53.9 Å². The Morgan fingerprint density at radius 3 is 2.70 bits per heavy atom. The standard InChI is InChI=1S/C20H21F2N3O2/c1-2-23-20(26)25(12-14-4-3-5-17(22)10-14)13-18-11-19(24-27-18)15-6-8-16(21)9-7-15/h3-10,18H,2,11-13H2,1H3,(H,23,26). The van der Waals surface area contributed by atoms with Crippen molar-refractivity contribution in [1.82, 2.24) is 10.2 Å². The normalized spacial score (nSPS) is 15.8. The first-order chi connectivity index (χ1) is 13.0. The summed E-state index contributed by atoms with van der Waals surface area (Å²) in [5, 5.41) is 6.83. The van der Waals surface area contributed by atoms with Crippen molar-refractivity contribution in [2.24, 2.45) is 5.16 Å². The Labute approximate surface area is 156 Å². The van der Waals surface area contributed by atoms with Crippen molar-refractivity contribution in [3.8, 4) is 0 Å². The van der Waals surface area contributed by atoms with Crippen molar-refractivity contribution >= 4 is 11.7 Å². The summed E-state index contributed by atoms with van der Waals surface area (Å²) in [7, 11) is 0. The second-order valence-electron chi connectivity index (χ2n) is 6.32. The van der Waals surface area contributed by atoms with E-state index in [4.69, 9.17) is 4.84 Å². The van der Waals surface area contributed by atoms with Crippen molar-refractivity contribution in [2.45, 2.75) is 26.0 Å². The molecule has 0 aromatic heterocycles. The SMILES string of the molecule is CCNC(=O)N(Cc1cccc(F)c1)CC1CC(c2ccc(F)cc2)=NO1. The first kappa shape index (κ1) is 18.8. The van der Waals surface area contributed by atoms with Gasteiger partial charge in [-0.3, -0.25) is 0 Å². The number of urea groups is 1. The maximum atomic E-state index is 13.5. The molecular weight excluding hydrogens is 352 g/mol. The van der Waals surface area contributed by atoms with Gasteiger partial charge in [0.05, 0.1) is 12.3 Å². The highest BCUT2D eigenvalue weighted by Crippen LogP contribution is 2.19. The number of hydrogen-bond donors (Lipinski definition) is 1. The average Bonchev–Trinajstić information content (AvgIpc) is 3.10. The summed E-state index contributed by atoms with van der Waals surface area (Å²) in [5.74, 6) is -0.658. The van der Waals surface area contributed by atoms with E-state index >= 15 is 0 Å². The first-order valence-corrected chi connectivity index (χ1v) is 8.81. The van der Waals surface area contributed by atoms with E-state index in [9.17, 15) is 13.6 Å². The van der Waals surface area contributed by atoms with E-state index in [0.29, 0.717) is 30.8 Å². The van der Waals surface area contributed by atoms with Crippen LogP contribution in [-0.2, 0) is 11.4 Å². The summed E-state index contributed by atoms with van der Waals surface area (Å²) in [6.07, 6.45) is 0.186. The van der Waals surface area contributed by atoms with E-state index in [0.717, 1.165) is 5.56 Å². The second-order valence-corrected chi connectivity index (χ2v) is 6.32. The van der Waals surface area contributed by atoms with Crippen LogP contribution in [0.15, 0.2) is 53.7 Å². The van der Waals surface area contributed by atoms with E-state index in [1.165, 1.54) is 24.3 Å². The third kappa shape index (κ3) is 5.03. The van der Waals surface area contributed by atoms with Crippen LogP contribution in [-0.4, -0.2) is 35.8 Å². The molecule has 2 aromatic rings. The largest absolute Gasteiger partial charge is 0.390 e. The lowest BCUT2D eigenvalue weighted by atomic mass is 10.0. The van der Waals surface area contributed by atoms with Gasteiger partial charge in [0.2, 0.25) is 0 Å². The number of nitrogens with zero attached hydrogens (tertiary/aromatic N) is 2. The van der Waals surface area contributed by atoms with E-state index in [2.05, 4.69) is 10.5 Å². The molecule has 142 valence electrons. The van der Waals surface area contributed by atoms with Crippen LogP contribution < -0.4 is 5.32 Å². The third-order valence-electron chi connectivity index (χ3n) is 4.21. The average molecular weight is 373 g/mol. The fourth-order valence-corrected chi connectivity index (χ4v) is 2.92. The number of hydrogen-bond acceptors (Lipinski definition) is 3. The van der Waals surface area contributed by atoms with Crippen molar-refractivity contribution in [3.63, 3.8) is 0 Å². The van der Waals surface area contributed by atoms with Gasteiger partial charge in [0.25, 0.3) is 0 Å². The van der Waals surface area contributed by atoms with Gasteiger partial charge in [-0.1, -0.05) is 29.4 Å². The quantitative estimate of drug-likeness (QED) is 0.840. The highest BCUT2D eigenvalue weighted by molar-refractivity contribution is 6.01. The predicted molar refractivity (Wildman–Crippen MR) is 98.3 cm³/mol. The summed E-state index contributed by atoms with van der Waals surface area (Å²) >= 11 is 0. The van der Waals surface area contributed by atoms with E-state index in [1.807, 2.05) is 6.92 Å². The molecule has 0 saturated carbocycles. The van der Waals surface area contributed by atoms with Crippen molar-refractivity contribution < 1.29 is 18.4 Å². The number of oxime groups is 1. The molecule has 0 bridgehead atoms. The fourth-order valence-electron chi connectivity index (χ4n) is 2.92. The van der Waals surface area contributed by atoms with E-state index < -0.39 is 0 Å². The zero-order valence-corrected chi connectivity index (χ0v) is 15.0. The minimum absolute atomic E-state index is 0.249. The van der Waals surface area contributed by atoms with Gasteiger partial charge in [0.15, 0.2) is 6.10 Å². The Morgan fingerprint density at radius 2 is 2.00 bits per heavy atom. The van der Waals surface area contributed by atoms with Gasteiger partial charge in [0, 0.05) is 19.5 Å². The second kappa shape index (κ2) is 8.62. The highest BCUT2D eigenvalue weighted by atomic mass is 19.1. The van der Waals surface area contributed by atoms with Crippen LogP contribution in [0.4, 0.5) is 13.6 Å². The van der Waals surface area contributed by atoms with Crippen LogP contribution in [0.3, 0.4) is 0 Å². The molecule has 1 aliphatic heterocycles. The predicted octanol–water partition coefficient (Wildman–Crippen LogP) is 3.69. The molecule has 1 unspecified atom stereocenters. The summed E-state index contributed by atoms with van der Waals surface area (Å²) in [6, 6.07) is 11.9. The molecule has 0 aliphatic carbocycles. The molecule has 0 saturated heterocycles. The molecule has 0 spiro atoms. The van der Waals surface area contributed by atoms with Gasteiger partial charge in [-0.2, -0.15) is 0 Å². The molecule has 27 heavy (non-hydrogen) atoms. The Morgan fingerprint density at radius 1 is 1.22 bits per heavy atom. The van der Waals surface area contributed by atoms with Crippen LogP contribution in [0.25, 0.3) is 0 Å². The lowest BCUT2D eigenvalue weighted by Gasteiger charge is -2.25. The van der Waals surface area contributed by atoms with Crippen LogP contribution in [0.5, 0.6) is 0 Å². The van der Waals surface area contributed by atoms with Gasteiger partial charge < -0.3 is 15.1 Å². The molecule has 1 heterocycles. The fraction of sp³-hybridized carbons (Fsp3) is 0.300. The van der Waals surface area contributed by atoms with Crippen LogP contribution in [0.1, 0.15) is 24.5 Å². The zero-order valence-electron chi connectivity index (χ0n) is 15.0. The number of benzene rings is 2. The molecule has 5 nitrogen and oxygen atoms in total. The summed E-state index contributed by atoms with van der Waals surface area (Å²) < 4.78 is 26.5. The van der Waals surface area contributed by atoms with Crippen LogP contribution in [0, 0.1) is 11.6 Å². The monoisotopic (exact) mass is 373 g/mol. The number of amides is 2. The molecule has 3 rings (SSSR count). The molecule has 0 radical (unpaired) electrons. The lowest BCUT2D eigenvalue weighted by molar-refractivity contribution is 0.0590. The number of nitrogens with one attached hydrogen (secondary N) is 1. The van der Waals surface area contributed by atoms with E-state index in [1.54, 1.807) is 29.2 Å². The summed E-state index contributed by atoms with van der Waals surface area (Å²) in [5.41, 5.74) is 2.19. The maximum Gasteiger partial charge on any atom is 0.317 e. The Hall–Kier alpha value is -2.96. The zero-order chi connectivity index (χ0) is 19.2. The first-order valence-electron chi connectivity index (χ1n) is 8.81. The van der Waals surface area contributed by atoms with Gasteiger partial charge in [-0.15, -0.1) is 0 Å². The Balaban J connectivity index is 1.66. The number of carbonyl (C=O) groups is 1. The Bertz CT molecular complexity index is 824. The molecule has 1 N–H and O–H groups in total. The molecule has 0 fully saturated rings. The van der Waals surface area contributed by atoms with Gasteiger partial charge in [0.1, 0.15) is 11.6 Å². The highest BCUT2D eigenvalue weighted by Gasteiger charge is 2.26. The third-order valence-corrected chi connectivity index (χ3v) is 4.21. The number of carbonyl (C=O) groups excluding carboxylic acids is 1. The van der Waals surface area contributed by atoms with Gasteiger partial charge in [-0.05, 0) is 42.3 Å². The molecule has 7 heteroatoms. The summed E-state index contributed by atoms with van der Waals surface area (Å²) in [4.78, 5) is 19.4. The lowest BCUT2D eigenvalue weighted by Crippen LogP contribution is -2.43. The number of halogens is 2. The smallest absolute Gasteiger partial charge is 0.317 e. The van der Waals surface area contributed by atoms with E-state index in [-0.39, 0.29) is 30.3 Å². The maximum absolute atomic E-state index is 13.5. The molecule has 1 aliphatic rings. The molecular formula is C20H21F2N3O2. The van der Waals surface area contributed by atoms with Crippen LogP contribution in [0.2, 0.25) is 0 Å². The molecule has 1 atom stereocenters. The van der Waals surface area contributed by atoms with Crippen molar-refractivity contribution in [3.05, 3.63) is 71.3 Å². The van der Waals surface area contributed by atoms with Crippen molar-refractivity contribution in [1.29, 1.82) is 0 Å². The summed E-state index contributed by atoms with van der Waals surface area (Å²) in [6.45, 7) is 2.88.